The number of thiocarbonyl (C=S) groups is 1. The molecule has 0 saturated heterocycles. The first kappa shape index (κ1) is 16.2. The first-order valence-electron chi connectivity index (χ1n) is 5.34. The number of nitrogens with two attached hydrogens (primary N) is 1. The van der Waals surface area contributed by atoms with Gasteiger partial charge in [-0.05, 0) is 24.4 Å². The van der Waals surface area contributed by atoms with Gasteiger partial charge in [0.15, 0.2) is 5.11 Å². The summed E-state index contributed by atoms with van der Waals surface area (Å²) in [5.74, 6) is -0.270. The molecule has 0 unspecified atom stereocenters. The monoisotopic (exact) mass is 361 g/mol. The SMILES string of the molecule is NC(=S)NNC(=O)c1ccccc1.[CH3][SnH]([CH3])[CH3]. The Morgan fingerprint density at radius 1 is 1.18 bits per heavy atom. The number of hydrazine groups is 1. The molecule has 94 valence electrons. The van der Waals surface area contributed by atoms with Crippen molar-refractivity contribution in [3.8, 4) is 0 Å². The third-order valence-corrected chi connectivity index (χ3v) is 1.44. The normalized spacial score (nSPS) is 8.94. The fourth-order valence-corrected chi connectivity index (χ4v) is 0.831. The van der Waals surface area contributed by atoms with Crippen molar-refractivity contribution in [3.63, 3.8) is 0 Å². The van der Waals surface area contributed by atoms with Gasteiger partial charge < -0.3 is 5.73 Å². The molecule has 0 fully saturated rings. The number of rotatable bonds is 1. The molecule has 1 amide bonds. The van der Waals surface area contributed by atoms with Crippen LogP contribution in [0.4, 0.5) is 0 Å². The van der Waals surface area contributed by atoms with Gasteiger partial charge in [-0.2, -0.15) is 0 Å². The second kappa shape index (κ2) is 9.23. The zero-order valence-electron chi connectivity index (χ0n) is 10.4. The third-order valence-electron chi connectivity index (χ3n) is 1.34. The predicted molar refractivity (Wildman–Crippen MR) is 78.6 cm³/mol. The van der Waals surface area contributed by atoms with Crippen molar-refractivity contribution >= 4 is 43.0 Å². The molecule has 0 aliphatic rings. The van der Waals surface area contributed by atoms with E-state index >= 15 is 0 Å². The van der Waals surface area contributed by atoms with Gasteiger partial charge in [0, 0.05) is 5.56 Å². The summed E-state index contributed by atoms with van der Waals surface area (Å²) >= 11 is 3.88. The van der Waals surface area contributed by atoms with Crippen LogP contribution in [0.25, 0.3) is 0 Å². The van der Waals surface area contributed by atoms with Crippen LogP contribution in [-0.4, -0.2) is 30.8 Å². The van der Waals surface area contributed by atoms with E-state index in [1.54, 1.807) is 24.3 Å². The quantitative estimate of drug-likeness (QED) is 0.401. The van der Waals surface area contributed by atoms with Crippen LogP contribution in [0, 0.1) is 0 Å². The molecule has 1 aromatic carbocycles. The average Bonchev–Trinajstić information content (AvgIpc) is 2.26. The van der Waals surface area contributed by atoms with Crippen LogP contribution in [0.3, 0.4) is 0 Å². The second-order valence-electron chi connectivity index (χ2n) is 4.04. The summed E-state index contributed by atoms with van der Waals surface area (Å²) < 4.78 is 0. The molecule has 4 nitrogen and oxygen atoms in total. The van der Waals surface area contributed by atoms with E-state index in [0.717, 1.165) is 0 Å². The molecule has 1 rings (SSSR count). The van der Waals surface area contributed by atoms with E-state index in [9.17, 15) is 4.79 Å². The Morgan fingerprint density at radius 3 is 2.06 bits per heavy atom. The van der Waals surface area contributed by atoms with Crippen molar-refractivity contribution in [1.29, 1.82) is 0 Å². The van der Waals surface area contributed by atoms with Gasteiger partial charge in [0.2, 0.25) is 0 Å². The second-order valence-corrected chi connectivity index (χ2v) is 14.4. The van der Waals surface area contributed by atoms with E-state index in [4.69, 9.17) is 5.73 Å². The van der Waals surface area contributed by atoms with Crippen LogP contribution >= 0.6 is 12.2 Å². The zero-order chi connectivity index (χ0) is 13.3. The summed E-state index contributed by atoms with van der Waals surface area (Å²) in [6, 6.07) is 8.76. The molecule has 0 radical (unpaired) electrons. The van der Waals surface area contributed by atoms with Crippen molar-refractivity contribution < 1.29 is 4.79 Å². The summed E-state index contributed by atoms with van der Waals surface area (Å²) in [6.07, 6.45) is 0. The van der Waals surface area contributed by atoms with E-state index in [0.29, 0.717) is 5.56 Å². The molecule has 0 spiro atoms. The first-order chi connectivity index (χ1) is 7.93. The fourth-order valence-electron chi connectivity index (χ4n) is 0.780. The molecule has 6 heteroatoms. The Bertz CT molecular complexity index is 354. The van der Waals surface area contributed by atoms with Crippen molar-refractivity contribution in [3.05, 3.63) is 35.9 Å². The number of hydrogen-bond donors (Lipinski definition) is 3. The number of amides is 1. The Morgan fingerprint density at radius 2 is 1.65 bits per heavy atom. The minimum absolute atomic E-state index is 0.0317. The molecule has 17 heavy (non-hydrogen) atoms. The molecule has 0 heterocycles. The van der Waals surface area contributed by atoms with Crippen molar-refractivity contribution in [1.82, 2.24) is 10.9 Å². The summed E-state index contributed by atoms with van der Waals surface area (Å²) in [6.45, 7) is 0. The number of hydrogen-bond acceptors (Lipinski definition) is 2. The van der Waals surface area contributed by atoms with Crippen LogP contribution < -0.4 is 16.6 Å². The van der Waals surface area contributed by atoms with E-state index in [1.165, 1.54) is 0 Å². The van der Waals surface area contributed by atoms with E-state index < -0.39 is 19.8 Å². The molecule has 0 bridgehead atoms. The summed E-state index contributed by atoms with van der Waals surface area (Å²) in [4.78, 5) is 18.4. The van der Waals surface area contributed by atoms with Crippen LogP contribution in [0.2, 0.25) is 14.8 Å². The van der Waals surface area contributed by atoms with E-state index in [2.05, 4.69) is 37.9 Å². The molecule has 0 atom stereocenters. The molecular formula is C11H19N3OSSn. The van der Waals surface area contributed by atoms with Crippen molar-refractivity contribution in [2.45, 2.75) is 14.8 Å². The third kappa shape index (κ3) is 10.1. The van der Waals surface area contributed by atoms with Crippen LogP contribution in [0.15, 0.2) is 30.3 Å². The maximum atomic E-state index is 11.3. The maximum absolute atomic E-state index is 11.3. The van der Waals surface area contributed by atoms with Gasteiger partial charge in [-0.1, -0.05) is 18.2 Å². The number of benzene rings is 1. The topological polar surface area (TPSA) is 67.2 Å². The molecule has 0 saturated carbocycles. The van der Waals surface area contributed by atoms with Crippen molar-refractivity contribution in [2.75, 3.05) is 0 Å². The Hall–Kier alpha value is -0.821. The van der Waals surface area contributed by atoms with Gasteiger partial charge in [-0.3, -0.25) is 15.6 Å². The first-order valence-corrected chi connectivity index (χ1v) is 15.6. The van der Waals surface area contributed by atoms with Gasteiger partial charge in [0.1, 0.15) is 0 Å². The summed E-state index contributed by atoms with van der Waals surface area (Å²) in [7, 11) is 0. The van der Waals surface area contributed by atoms with E-state index in [-0.39, 0.29) is 11.0 Å². The minimum atomic E-state index is -0.637. The zero-order valence-corrected chi connectivity index (χ0v) is 14.5. The molecule has 0 aromatic heterocycles. The fraction of sp³-hybridized carbons (Fsp3) is 0.273. The summed E-state index contributed by atoms with van der Waals surface area (Å²) in [5, 5.41) is 0.0317. The van der Waals surface area contributed by atoms with Gasteiger partial charge in [-0.15, -0.1) is 0 Å². The van der Waals surface area contributed by atoms with Crippen molar-refractivity contribution in [2.24, 2.45) is 5.73 Å². The number of carbonyl (C=O) groups excluding carboxylic acids is 1. The molecule has 4 N–H and O–H groups in total. The molecule has 1 aromatic rings. The molecule has 0 aliphatic heterocycles. The van der Waals surface area contributed by atoms with Gasteiger partial charge in [0.25, 0.3) is 5.91 Å². The Balaban J connectivity index is 0.000000557. The van der Waals surface area contributed by atoms with Crippen LogP contribution in [-0.2, 0) is 0 Å². The standard InChI is InChI=1S/C8H9N3OS.3CH3.Sn.H/c9-8(13)11-10-7(12)6-4-2-1-3-5-6;;;;;/h1-5H,(H,10,12)(H3,9,11,13);3*1H3;;. The van der Waals surface area contributed by atoms with E-state index in [1.807, 2.05) is 6.07 Å². The average molecular weight is 360 g/mol. The van der Waals surface area contributed by atoms with Crippen LogP contribution in [0.1, 0.15) is 10.4 Å². The Labute approximate surface area is 115 Å². The van der Waals surface area contributed by atoms with Gasteiger partial charge in [-0.25, -0.2) is 0 Å². The van der Waals surface area contributed by atoms with Gasteiger partial charge >= 0.3 is 34.6 Å². The van der Waals surface area contributed by atoms with Crippen LogP contribution in [0.5, 0.6) is 0 Å². The number of nitrogens with one attached hydrogen (secondary N) is 2. The summed E-state index contributed by atoms with van der Waals surface area (Å²) in [5.41, 5.74) is 10.4. The number of carbonyl (C=O) groups is 1. The molecule has 0 aliphatic carbocycles. The van der Waals surface area contributed by atoms with Gasteiger partial charge in [0.05, 0.1) is 0 Å². The Kier molecular flexibility index (Phi) is 8.79. The molecular weight excluding hydrogens is 341 g/mol. The predicted octanol–water partition coefficient (Wildman–Crippen LogP) is 1.27.